The van der Waals surface area contributed by atoms with Crippen molar-refractivity contribution in [2.24, 2.45) is 0 Å². The molecule has 0 aromatic heterocycles. The number of rotatable bonds is 6. The van der Waals surface area contributed by atoms with Gasteiger partial charge < -0.3 is 10.6 Å². The molecule has 0 aliphatic rings. The molecule has 0 amide bonds. The third-order valence-electron chi connectivity index (χ3n) is 1.84. The summed E-state index contributed by atoms with van der Waals surface area (Å²) >= 11 is 0. The molecule has 16 heavy (non-hydrogen) atoms. The van der Waals surface area contributed by atoms with Crippen molar-refractivity contribution < 1.29 is 10.1 Å². The van der Waals surface area contributed by atoms with E-state index in [1.807, 2.05) is 13.8 Å². The molecule has 0 heterocycles. The van der Waals surface area contributed by atoms with Gasteiger partial charge in [-0.15, -0.1) is 0 Å². The monoisotopic (exact) mass is 225 g/mol. The molecular weight excluding hydrogens is 200 g/mol. The lowest BCUT2D eigenvalue weighted by atomic mass is 10.2. The Labute approximate surface area is 99.0 Å². The van der Waals surface area contributed by atoms with E-state index in [9.17, 15) is 4.79 Å². The van der Waals surface area contributed by atoms with Crippen LogP contribution in [0.5, 0.6) is 0 Å². The number of quaternary nitrogens is 1. The van der Waals surface area contributed by atoms with E-state index < -0.39 is 0 Å². The average Bonchev–Trinajstić information content (AvgIpc) is 1.97. The zero-order valence-corrected chi connectivity index (χ0v) is 11.3. The van der Waals surface area contributed by atoms with E-state index in [-0.39, 0.29) is 5.78 Å². The van der Waals surface area contributed by atoms with Crippen LogP contribution >= 0.6 is 0 Å². The van der Waals surface area contributed by atoms with Gasteiger partial charge in [0.25, 0.3) is 0 Å². The Morgan fingerprint density at radius 1 is 1.12 bits per heavy atom. The summed E-state index contributed by atoms with van der Waals surface area (Å²) in [7, 11) is 0. The van der Waals surface area contributed by atoms with E-state index in [4.69, 9.17) is 0 Å². The van der Waals surface area contributed by atoms with Gasteiger partial charge in [-0.25, -0.2) is 0 Å². The molecule has 0 saturated heterocycles. The Morgan fingerprint density at radius 2 is 1.69 bits per heavy atom. The fraction of sp³-hybridized carbons (Fsp3) is 0.615. The lowest BCUT2D eigenvalue weighted by molar-refractivity contribution is -0.636. The van der Waals surface area contributed by atoms with Gasteiger partial charge in [-0.3, -0.25) is 4.79 Å². The summed E-state index contributed by atoms with van der Waals surface area (Å²) < 4.78 is 0. The van der Waals surface area contributed by atoms with Gasteiger partial charge in [-0.05, 0) is 34.6 Å². The number of nitrogens with one attached hydrogen (secondary N) is 1. The maximum atomic E-state index is 11.6. The SMILES string of the molecule is C/C(=C\C(=O)/C=C(\C)[NH2+]C(C)C)NC(C)C. The molecule has 0 fully saturated rings. The summed E-state index contributed by atoms with van der Waals surface area (Å²) in [4.78, 5) is 11.6. The third kappa shape index (κ3) is 8.24. The zero-order chi connectivity index (χ0) is 12.7. The second kappa shape index (κ2) is 7.23. The van der Waals surface area contributed by atoms with E-state index in [0.717, 1.165) is 11.4 Å². The first-order valence-electron chi connectivity index (χ1n) is 5.83. The van der Waals surface area contributed by atoms with Crippen LogP contribution in [0.25, 0.3) is 0 Å². The third-order valence-corrected chi connectivity index (χ3v) is 1.84. The van der Waals surface area contributed by atoms with Crippen LogP contribution in [0.2, 0.25) is 0 Å². The number of allylic oxidation sites excluding steroid dienone is 4. The quantitative estimate of drug-likeness (QED) is 0.670. The Morgan fingerprint density at radius 3 is 2.12 bits per heavy atom. The van der Waals surface area contributed by atoms with Gasteiger partial charge in [0.2, 0.25) is 0 Å². The highest BCUT2D eigenvalue weighted by Crippen LogP contribution is 1.93. The zero-order valence-electron chi connectivity index (χ0n) is 11.3. The summed E-state index contributed by atoms with van der Waals surface area (Å²) in [5.74, 6) is 0.0417. The van der Waals surface area contributed by atoms with Crippen LogP contribution in [0.4, 0.5) is 0 Å². The molecule has 3 heteroatoms. The van der Waals surface area contributed by atoms with Crippen LogP contribution < -0.4 is 10.6 Å². The minimum absolute atomic E-state index is 0.0417. The van der Waals surface area contributed by atoms with Crippen LogP contribution in [0.1, 0.15) is 41.5 Å². The van der Waals surface area contributed by atoms with Crippen molar-refractivity contribution in [1.29, 1.82) is 0 Å². The number of carbonyl (C=O) groups is 1. The Hall–Kier alpha value is -1.09. The fourth-order valence-corrected chi connectivity index (χ4v) is 1.55. The van der Waals surface area contributed by atoms with Crippen molar-refractivity contribution in [3.8, 4) is 0 Å². The van der Waals surface area contributed by atoms with E-state index >= 15 is 0 Å². The molecule has 0 spiro atoms. The number of ketones is 1. The van der Waals surface area contributed by atoms with Gasteiger partial charge in [0.05, 0.1) is 6.04 Å². The number of hydrogen-bond acceptors (Lipinski definition) is 2. The predicted octanol–water partition coefficient (Wildman–Crippen LogP) is 1.33. The average molecular weight is 225 g/mol. The highest BCUT2D eigenvalue weighted by Gasteiger charge is 2.02. The smallest absolute Gasteiger partial charge is 0.185 e. The van der Waals surface area contributed by atoms with Gasteiger partial charge in [-0.2, -0.15) is 0 Å². The van der Waals surface area contributed by atoms with Crippen molar-refractivity contribution >= 4 is 5.78 Å². The summed E-state index contributed by atoms with van der Waals surface area (Å²) in [6.45, 7) is 12.2. The van der Waals surface area contributed by atoms with Crippen molar-refractivity contribution in [3.63, 3.8) is 0 Å². The topological polar surface area (TPSA) is 45.7 Å². The molecule has 0 saturated carbocycles. The molecule has 0 aliphatic heterocycles. The van der Waals surface area contributed by atoms with E-state index in [0.29, 0.717) is 12.1 Å². The molecule has 92 valence electrons. The molecule has 0 aliphatic carbocycles. The highest BCUT2D eigenvalue weighted by molar-refractivity contribution is 5.99. The van der Waals surface area contributed by atoms with Crippen LogP contribution in [-0.2, 0) is 4.79 Å². The lowest BCUT2D eigenvalue weighted by Gasteiger charge is -2.09. The van der Waals surface area contributed by atoms with Crippen molar-refractivity contribution in [2.45, 2.75) is 53.6 Å². The standard InChI is InChI=1S/C13H24N2O/c1-9(2)14-11(5)7-13(16)8-12(6)15-10(3)4/h7-10,14-15H,1-6H3/p+1/b11-7+,12-8+. The molecule has 3 N–H and O–H groups in total. The summed E-state index contributed by atoms with van der Waals surface area (Å²) in [6, 6.07) is 0.833. The lowest BCUT2D eigenvalue weighted by Crippen LogP contribution is -2.86. The summed E-state index contributed by atoms with van der Waals surface area (Å²) in [6.07, 6.45) is 3.31. The normalized spacial score (nSPS) is 13.5. The largest absolute Gasteiger partial charge is 0.386 e. The van der Waals surface area contributed by atoms with E-state index in [1.165, 1.54) is 0 Å². The Kier molecular flexibility index (Phi) is 6.74. The first-order valence-corrected chi connectivity index (χ1v) is 5.83. The molecule has 0 radical (unpaired) electrons. The van der Waals surface area contributed by atoms with Crippen LogP contribution in [0.15, 0.2) is 23.5 Å². The van der Waals surface area contributed by atoms with E-state index in [1.54, 1.807) is 12.2 Å². The minimum atomic E-state index is 0.0417. The Bertz CT molecular complexity index is 260. The van der Waals surface area contributed by atoms with Gasteiger partial charge in [-0.1, -0.05) is 0 Å². The molecule has 0 aromatic carbocycles. The van der Waals surface area contributed by atoms with Gasteiger partial charge in [0.15, 0.2) is 5.78 Å². The van der Waals surface area contributed by atoms with Crippen LogP contribution in [-0.4, -0.2) is 17.9 Å². The number of nitrogens with two attached hydrogens (primary N) is 1. The second-order valence-corrected chi connectivity index (χ2v) is 4.83. The predicted molar refractivity (Wildman–Crippen MR) is 67.9 cm³/mol. The highest BCUT2D eigenvalue weighted by atomic mass is 16.1. The van der Waals surface area contributed by atoms with Crippen LogP contribution in [0.3, 0.4) is 0 Å². The molecule has 0 rings (SSSR count). The molecule has 0 bridgehead atoms. The maximum absolute atomic E-state index is 11.6. The summed E-state index contributed by atoms with van der Waals surface area (Å²) in [5, 5.41) is 5.27. The van der Waals surface area contributed by atoms with E-state index in [2.05, 4.69) is 38.3 Å². The molecule has 0 unspecified atom stereocenters. The molecular formula is C13H25N2O+. The number of hydrogen-bond donors (Lipinski definition) is 2. The first kappa shape index (κ1) is 14.9. The van der Waals surface area contributed by atoms with Crippen molar-refractivity contribution in [1.82, 2.24) is 5.32 Å². The van der Waals surface area contributed by atoms with Crippen LogP contribution in [0, 0.1) is 0 Å². The fourth-order valence-electron chi connectivity index (χ4n) is 1.55. The molecule has 0 aromatic rings. The number of carbonyl (C=O) groups excluding carboxylic acids is 1. The van der Waals surface area contributed by atoms with Gasteiger partial charge >= 0.3 is 0 Å². The Balaban J connectivity index is 4.36. The minimum Gasteiger partial charge on any atom is -0.386 e. The van der Waals surface area contributed by atoms with Gasteiger partial charge in [0.1, 0.15) is 5.70 Å². The first-order chi connectivity index (χ1) is 7.31. The van der Waals surface area contributed by atoms with Gasteiger partial charge in [0, 0.05) is 30.8 Å². The second-order valence-electron chi connectivity index (χ2n) is 4.83. The molecule has 3 nitrogen and oxygen atoms in total. The van der Waals surface area contributed by atoms with Crippen molar-refractivity contribution in [3.05, 3.63) is 23.5 Å². The maximum Gasteiger partial charge on any atom is 0.185 e. The summed E-state index contributed by atoms with van der Waals surface area (Å²) in [5.41, 5.74) is 1.93. The van der Waals surface area contributed by atoms with Crippen molar-refractivity contribution in [2.75, 3.05) is 0 Å². The molecule has 0 atom stereocenters.